The van der Waals surface area contributed by atoms with E-state index in [4.69, 9.17) is 9.47 Å². The second-order valence-electron chi connectivity index (χ2n) is 7.32. The molecule has 1 rings (SSSR count). The Balaban J connectivity index is 2.23. The van der Waals surface area contributed by atoms with E-state index in [-0.39, 0.29) is 0 Å². The number of hydrogen-bond donors (Lipinski definition) is 3. The molecule has 1 aliphatic heterocycles. The van der Waals surface area contributed by atoms with Crippen molar-refractivity contribution in [3.05, 3.63) is 0 Å². The number of carbonyl (C=O) groups excluding carboxylic acids is 1. The molecular formula is C17H35N5O3. The predicted molar refractivity (Wildman–Crippen MR) is 100 cm³/mol. The number of aliphatic imine (C=N–C) groups is 1. The van der Waals surface area contributed by atoms with Gasteiger partial charge in [0.25, 0.3) is 0 Å². The van der Waals surface area contributed by atoms with Crippen molar-refractivity contribution in [2.75, 3.05) is 46.4 Å². The van der Waals surface area contributed by atoms with Gasteiger partial charge in [0, 0.05) is 45.3 Å². The first kappa shape index (κ1) is 21.5. The van der Waals surface area contributed by atoms with Crippen molar-refractivity contribution in [2.24, 2.45) is 4.99 Å². The second-order valence-corrected chi connectivity index (χ2v) is 7.32. The van der Waals surface area contributed by atoms with Gasteiger partial charge in [0.05, 0.1) is 13.2 Å². The summed E-state index contributed by atoms with van der Waals surface area (Å²) in [5.74, 6) is 0.721. The van der Waals surface area contributed by atoms with Gasteiger partial charge in [-0.25, -0.2) is 4.79 Å². The number of nitrogens with one attached hydrogen (secondary N) is 3. The van der Waals surface area contributed by atoms with Crippen LogP contribution in [0, 0.1) is 0 Å². The molecule has 0 aliphatic carbocycles. The molecule has 0 bridgehead atoms. The Labute approximate surface area is 151 Å². The van der Waals surface area contributed by atoms with Crippen LogP contribution in [-0.2, 0) is 9.47 Å². The summed E-state index contributed by atoms with van der Waals surface area (Å²) >= 11 is 0. The lowest BCUT2D eigenvalue weighted by Gasteiger charge is -2.38. The van der Waals surface area contributed by atoms with Gasteiger partial charge in [-0.1, -0.05) is 0 Å². The number of amides is 1. The van der Waals surface area contributed by atoms with Gasteiger partial charge in [0.15, 0.2) is 5.96 Å². The highest BCUT2D eigenvalue weighted by Gasteiger charge is 2.23. The van der Waals surface area contributed by atoms with Gasteiger partial charge in [0.2, 0.25) is 0 Å². The Kier molecular flexibility index (Phi) is 8.99. The Morgan fingerprint density at radius 2 is 2.00 bits per heavy atom. The van der Waals surface area contributed by atoms with Crippen LogP contribution < -0.4 is 16.0 Å². The number of ether oxygens (including phenoxy) is 2. The molecule has 8 nitrogen and oxygen atoms in total. The van der Waals surface area contributed by atoms with Gasteiger partial charge >= 0.3 is 6.09 Å². The van der Waals surface area contributed by atoms with E-state index >= 15 is 0 Å². The lowest BCUT2D eigenvalue weighted by Crippen LogP contribution is -2.53. The summed E-state index contributed by atoms with van der Waals surface area (Å²) in [6, 6.07) is 0.816. The molecular weight excluding hydrogens is 322 g/mol. The normalized spacial score (nSPS) is 20.7. The second kappa shape index (κ2) is 10.5. The highest BCUT2D eigenvalue weighted by atomic mass is 16.6. The average Bonchev–Trinajstić information content (AvgIpc) is 2.52. The van der Waals surface area contributed by atoms with Crippen molar-refractivity contribution in [3.8, 4) is 0 Å². The highest BCUT2D eigenvalue weighted by molar-refractivity contribution is 5.79. The molecule has 25 heavy (non-hydrogen) atoms. The number of alkyl carbamates (subject to hydrolysis) is 1. The van der Waals surface area contributed by atoms with E-state index < -0.39 is 11.7 Å². The Hall–Kier alpha value is -1.54. The number of morpholine rings is 1. The molecule has 2 atom stereocenters. The van der Waals surface area contributed by atoms with E-state index in [0.29, 0.717) is 25.2 Å². The summed E-state index contributed by atoms with van der Waals surface area (Å²) in [7, 11) is 1.73. The topological polar surface area (TPSA) is 87.2 Å². The van der Waals surface area contributed by atoms with E-state index in [1.807, 2.05) is 20.8 Å². The first-order valence-electron chi connectivity index (χ1n) is 8.98. The summed E-state index contributed by atoms with van der Waals surface area (Å²) in [6.07, 6.45) is -0.410. The minimum atomic E-state index is -0.484. The summed E-state index contributed by atoms with van der Waals surface area (Å²) in [4.78, 5) is 18.2. The van der Waals surface area contributed by atoms with Crippen molar-refractivity contribution < 1.29 is 14.3 Å². The molecule has 0 aromatic rings. The van der Waals surface area contributed by atoms with Gasteiger partial charge in [-0.3, -0.25) is 9.89 Å². The summed E-state index contributed by atoms with van der Waals surface area (Å²) < 4.78 is 10.7. The zero-order chi connectivity index (χ0) is 18.9. The first-order valence-corrected chi connectivity index (χ1v) is 8.98. The quantitative estimate of drug-likeness (QED) is 0.370. The largest absolute Gasteiger partial charge is 0.444 e. The van der Waals surface area contributed by atoms with E-state index in [1.165, 1.54) is 0 Å². The third kappa shape index (κ3) is 8.92. The van der Waals surface area contributed by atoms with Crippen molar-refractivity contribution in [1.29, 1.82) is 0 Å². The third-order valence-corrected chi connectivity index (χ3v) is 3.86. The highest BCUT2D eigenvalue weighted by Crippen LogP contribution is 2.10. The average molecular weight is 357 g/mol. The fourth-order valence-corrected chi connectivity index (χ4v) is 2.64. The van der Waals surface area contributed by atoms with E-state index in [0.717, 1.165) is 32.3 Å². The van der Waals surface area contributed by atoms with E-state index in [9.17, 15) is 4.79 Å². The monoisotopic (exact) mass is 357 g/mol. The van der Waals surface area contributed by atoms with Crippen LogP contribution in [0.5, 0.6) is 0 Å². The Morgan fingerprint density at radius 3 is 2.60 bits per heavy atom. The molecule has 1 amide bonds. The summed E-state index contributed by atoms with van der Waals surface area (Å²) in [6.45, 7) is 14.3. The molecule has 1 fully saturated rings. The summed E-state index contributed by atoms with van der Waals surface area (Å²) in [5, 5.41) is 9.22. The molecule has 1 heterocycles. The maximum absolute atomic E-state index is 11.6. The summed E-state index contributed by atoms with van der Waals surface area (Å²) in [5.41, 5.74) is -0.484. The van der Waals surface area contributed by atoms with Crippen molar-refractivity contribution in [1.82, 2.24) is 20.9 Å². The number of nitrogens with zero attached hydrogens (tertiary/aromatic N) is 2. The van der Waals surface area contributed by atoms with Crippen molar-refractivity contribution in [3.63, 3.8) is 0 Å². The molecule has 0 aromatic carbocycles. The first-order chi connectivity index (χ1) is 11.7. The number of carbonyl (C=O) groups is 1. The van der Waals surface area contributed by atoms with Crippen molar-refractivity contribution >= 4 is 12.1 Å². The molecule has 3 N–H and O–H groups in total. The molecule has 0 saturated carbocycles. The SMILES string of the molecule is CN=C(NCCNC(=O)OC(C)(C)C)NCC(C)N1CCOCC1C. The van der Waals surface area contributed by atoms with Gasteiger partial charge in [0.1, 0.15) is 5.60 Å². The lowest BCUT2D eigenvalue weighted by atomic mass is 10.2. The molecule has 146 valence electrons. The molecule has 0 spiro atoms. The van der Waals surface area contributed by atoms with Crippen molar-refractivity contribution in [2.45, 2.75) is 52.3 Å². The van der Waals surface area contributed by atoms with Crippen LogP contribution in [0.4, 0.5) is 4.79 Å². The van der Waals surface area contributed by atoms with Crippen LogP contribution in [0.15, 0.2) is 4.99 Å². The zero-order valence-electron chi connectivity index (χ0n) is 16.5. The molecule has 0 aromatic heterocycles. The molecule has 1 saturated heterocycles. The van der Waals surface area contributed by atoms with Crippen LogP contribution in [-0.4, -0.2) is 81.1 Å². The fraction of sp³-hybridized carbons (Fsp3) is 0.882. The van der Waals surface area contributed by atoms with E-state index in [2.05, 4.69) is 39.7 Å². The fourth-order valence-electron chi connectivity index (χ4n) is 2.64. The molecule has 1 aliphatic rings. The number of hydrogen-bond acceptors (Lipinski definition) is 5. The Morgan fingerprint density at radius 1 is 1.32 bits per heavy atom. The van der Waals surface area contributed by atoms with Gasteiger partial charge in [-0.2, -0.15) is 0 Å². The van der Waals surface area contributed by atoms with Crippen LogP contribution in [0.2, 0.25) is 0 Å². The number of guanidine groups is 1. The van der Waals surface area contributed by atoms with Crippen LogP contribution in [0.25, 0.3) is 0 Å². The third-order valence-electron chi connectivity index (χ3n) is 3.86. The lowest BCUT2D eigenvalue weighted by molar-refractivity contribution is -0.0174. The van der Waals surface area contributed by atoms with E-state index in [1.54, 1.807) is 7.05 Å². The minimum Gasteiger partial charge on any atom is -0.444 e. The van der Waals surface area contributed by atoms with Crippen LogP contribution in [0.1, 0.15) is 34.6 Å². The molecule has 2 unspecified atom stereocenters. The minimum absolute atomic E-state index is 0.386. The predicted octanol–water partition coefficient (Wildman–Crippen LogP) is 0.785. The van der Waals surface area contributed by atoms with Crippen LogP contribution >= 0.6 is 0 Å². The van der Waals surface area contributed by atoms with Crippen LogP contribution in [0.3, 0.4) is 0 Å². The van der Waals surface area contributed by atoms with Gasteiger partial charge in [-0.15, -0.1) is 0 Å². The maximum atomic E-state index is 11.6. The standard InChI is InChI=1S/C17H35N5O3/c1-13(22-9-10-24-12-14(22)2)11-21-15(18-6)19-7-8-20-16(23)25-17(3,4)5/h13-14H,7-12H2,1-6H3,(H,20,23)(H2,18,19,21). The zero-order valence-corrected chi connectivity index (χ0v) is 16.5. The Bertz CT molecular complexity index is 436. The maximum Gasteiger partial charge on any atom is 0.407 e. The van der Waals surface area contributed by atoms with Gasteiger partial charge in [-0.05, 0) is 34.6 Å². The molecule has 8 heteroatoms. The smallest absolute Gasteiger partial charge is 0.407 e. The number of rotatable bonds is 6. The van der Waals surface area contributed by atoms with Gasteiger partial charge < -0.3 is 25.4 Å². The molecule has 0 radical (unpaired) electrons.